The van der Waals surface area contributed by atoms with Crippen LogP contribution in [-0.2, 0) is 9.59 Å². The van der Waals surface area contributed by atoms with Crippen LogP contribution in [-0.4, -0.2) is 47.4 Å². The molecule has 1 atom stereocenters. The zero-order chi connectivity index (χ0) is 16.0. The Morgan fingerprint density at radius 1 is 1.38 bits per heavy atom. The minimum atomic E-state index is -0.923. The normalized spacial score (nSPS) is 11.8. The van der Waals surface area contributed by atoms with Crippen LogP contribution >= 0.6 is 0 Å². The molecular weight excluding hydrogens is 274 g/mol. The molecule has 0 bridgehead atoms. The lowest BCUT2D eigenvalue weighted by Gasteiger charge is -2.22. The van der Waals surface area contributed by atoms with Gasteiger partial charge in [0, 0.05) is 5.69 Å². The fraction of sp³-hybridized carbons (Fsp3) is 0.385. The number of urea groups is 1. The summed E-state index contributed by atoms with van der Waals surface area (Å²) in [7, 11) is 1.59. The van der Waals surface area contributed by atoms with Crippen molar-refractivity contribution in [3.8, 4) is 0 Å². The molecule has 1 rings (SSSR count). The predicted octanol–water partition coefficient (Wildman–Crippen LogP) is -0.156. The zero-order valence-corrected chi connectivity index (χ0v) is 12.2. The average molecular weight is 293 g/mol. The van der Waals surface area contributed by atoms with Crippen molar-refractivity contribution in [1.82, 2.24) is 15.2 Å². The highest BCUT2D eigenvalue weighted by atomic mass is 16.2. The Kier molecular flexibility index (Phi) is 5.79. The highest BCUT2D eigenvalue weighted by molar-refractivity contribution is 5.97. The van der Waals surface area contributed by atoms with Gasteiger partial charge in [-0.2, -0.15) is 0 Å². The van der Waals surface area contributed by atoms with Crippen LogP contribution in [0, 0.1) is 6.92 Å². The Bertz CT molecular complexity index is 546. The monoisotopic (exact) mass is 293 g/mol. The second kappa shape index (κ2) is 7.34. The number of aryl methyl sites for hydroxylation is 1. The Morgan fingerprint density at radius 2 is 2.05 bits per heavy atom. The van der Waals surface area contributed by atoms with Gasteiger partial charge in [0.25, 0.3) is 0 Å². The molecule has 8 heteroatoms. The second-order valence-corrected chi connectivity index (χ2v) is 4.66. The molecule has 21 heavy (non-hydrogen) atoms. The van der Waals surface area contributed by atoms with Crippen LogP contribution in [0.2, 0.25) is 0 Å². The molecule has 0 aromatic carbocycles. The number of hydrogen-bond acceptors (Lipinski definition) is 5. The summed E-state index contributed by atoms with van der Waals surface area (Å²) >= 11 is 0. The van der Waals surface area contributed by atoms with Crippen LogP contribution in [0.1, 0.15) is 12.6 Å². The quantitative estimate of drug-likeness (QED) is 0.697. The van der Waals surface area contributed by atoms with Gasteiger partial charge >= 0.3 is 6.03 Å². The van der Waals surface area contributed by atoms with Crippen molar-refractivity contribution < 1.29 is 14.4 Å². The topological polar surface area (TPSA) is 117 Å². The molecule has 8 nitrogen and oxygen atoms in total. The Morgan fingerprint density at radius 3 is 2.62 bits per heavy atom. The van der Waals surface area contributed by atoms with E-state index in [1.54, 1.807) is 26.1 Å². The standard InChI is InChI=1S/C13H19N5O3/c1-8-5-4-6-10(15-8)16-11(19)7-18(3)9(2)12(20)17-13(14)21/h4-6,9H,7H2,1-3H3,(H,15,16,19)(H3,14,17,20,21)/t9-/m1/s1. The van der Waals surface area contributed by atoms with E-state index in [4.69, 9.17) is 5.73 Å². The number of hydrogen-bond donors (Lipinski definition) is 3. The molecule has 4 amide bonds. The maximum absolute atomic E-state index is 11.9. The van der Waals surface area contributed by atoms with Gasteiger partial charge in [-0.15, -0.1) is 0 Å². The minimum Gasteiger partial charge on any atom is -0.351 e. The van der Waals surface area contributed by atoms with E-state index in [2.05, 4.69) is 10.3 Å². The molecule has 0 spiro atoms. The molecule has 4 N–H and O–H groups in total. The summed E-state index contributed by atoms with van der Waals surface area (Å²) < 4.78 is 0. The van der Waals surface area contributed by atoms with Crippen molar-refractivity contribution in [2.75, 3.05) is 18.9 Å². The number of aromatic nitrogens is 1. The summed E-state index contributed by atoms with van der Waals surface area (Å²) in [6.45, 7) is 3.36. The van der Waals surface area contributed by atoms with E-state index in [1.807, 2.05) is 18.3 Å². The van der Waals surface area contributed by atoms with Gasteiger partial charge in [-0.3, -0.25) is 19.8 Å². The Hall–Kier alpha value is -2.48. The fourth-order valence-electron chi connectivity index (χ4n) is 1.58. The number of nitrogens with one attached hydrogen (secondary N) is 2. The lowest BCUT2D eigenvalue weighted by molar-refractivity contribution is -0.125. The number of primary amides is 1. The highest BCUT2D eigenvalue weighted by Gasteiger charge is 2.21. The van der Waals surface area contributed by atoms with E-state index in [0.717, 1.165) is 5.69 Å². The number of carbonyl (C=O) groups excluding carboxylic acids is 3. The minimum absolute atomic E-state index is 0.0248. The summed E-state index contributed by atoms with van der Waals surface area (Å²) in [5.41, 5.74) is 5.66. The summed E-state index contributed by atoms with van der Waals surface area (Å²) in [6, 6.07) is 3.68. The van der Waals surface area contributed by atoms with E-state index in [9.17, 15) is 14.4 Å². The summed E-state index contributed by atoms with van der Waals surface area (Å²) in [6.07, 6.45) is 0. The van der Waals surface area contributed by atoms with Crippen LogP contribution in [0.25, 0.3) is 0 Å². The van der Waals surface area contributed by atoms with Gasteiger partial charge in [0.15, 0.2) is 0 Å². The molecular formula is C13H19N5O3. The van der Waals surface area contributed by atoms with E-state index >= 15 is 0 Å². The largest absolute Gasteiger partial charge is 0.351 e. The van der Waals surface area contributed by atoms with Crippen molar-refractivity contribution in [2.24, 2.45) is 5.73 Å². The van der Waals surface area contributed by atoms with Crippen molar-refractivity contribution in [3.63, 3.8) is 0 Å². The predicted molar refractivity (Wildman–Crippen MR) is 77.4 cm³/mol. The first-order chi connectivity index (χ1) is 9.79. The van der Waals surface area contributed by atoms with Gasteiger partial charge in [-0.1, -0.05) is 6.07 Å². The third kappa shape index (κ3) is 5.57. The number of pyridine rings is 1. The van der Waals surface area contributed by atoms with Crippen LogP contribution < -0.4 is 16.4 Å². The molecule has 1 heterocycles. The summed E-state index contributed by atoms with van der Waals surface area (Å²) in [5, 5.41) is 4.60. The number of rotatable bonds is 5. The Balaban J connectivity index is 2.53. The van der Waals surface area contributed by atoms with E-state index < -0.39 is 18.0 Å². The lowest BCUT2D eigenvalue weighted by atomic mass is 10.2. The first-order valence-electron chi connectivity index (χ1n) is 6.33. The molecule has 114 valence electrons. The van der Waals surface area contributed by atoms with Crippen LogP contribution in [0.15, 0.2) is 18.2 Å². The molecule has 1 aromatic rings. The molecule has 0 fully saturated rings. The lowest BCUT2D eigenvalue weighted by Crippen LogP contribution is -2.48. The van der Waals surface area contributed by atoms with E-state index in [-0.39, 0.29) is 12.5 Å². The van der Waals surface area contributed by atoms with Gasteiger partial charge in [0.2, 0.25) is 11.8 Å². The molecule has 0 saturated carbocycles. The van der Waals surface area contributed by atoms with Crippen molar-refractivity contribution in [1.29, 1.82) is 0 Å². The molecule has 0 aliphatic rings. The first kappa shape index (κ1) is 16.6. The van der Waals surface area contributed by atoms with Gasteiger partial charge in [0.05, 0.1) is 12.6 Å². The number of amides is 4. The number of imide groups is 1. The summed E-state index contributed by atoms with van der Waals surface area (Å²) in [4.78, 5) is 39.7. The molecule has 0 aliphatic carbocycles. The van der Waals surface area contributed by atoms with Crippen LogP contribution in [0.3, 0.4) is 0 Å². The number of nitrogens with zero attached hydrogens (tertiary/aromatic N) is 2. The smallest absolute Gasteiger partial charge is 0.318 e. The number of carbonyl (C=O) groups is 3. The third-order valence-electron chi connectivity index (χ3n) is 2.84. The number of anilines is 1. The van der Waals surface area contributed by atoms with Gasteiger partial charge in [-0.25, -0.2) is 9.78 Å². The van der Waals surface area contributed by atoms with Crippen LogP contribution in [0.4, 0.5) is 10.6 Å². The average Bonchev–Trinajstić information content (AvgIpc) is 2.36. The maximum atomic E-state index is 11.9. The highest BCUT2D eigenvalue weighted by Crippen LogP contribution is 2.04. The number of likely N-dealkylation sites (N-methyl/N-ethyl adjacent to an activating group) is 1. The molecule has 0 radical (unpaired) electrons. The van der Waals surface area contributed by atoms with Gasteiger partial charge in [0.1, 0.15) is 5.82 Å². The van der Waals surface area contributed by atoms with Gasteiger partial charge in [-0.05, 0) is 33.0 Å². The van der Waals surface area contributed by atoms with E-state index in [1.165, 1.54) is 4.90 Å². The van der Waals surface area contributed by atoms with Gasteiger partial charge < -0.3 is 11.1 Å². The van der Waals surface area contributed by atoms with Crippen LogP contribution in [0.5, 0.6) is 0 Å². The zero-order valence-electron chi connectivity index (χ0n) is 12.2. The number of nitrogens with two attached hydrogens (primary N) is 1. The molecule has 0 saturated heterocycles. The molecule has 0 unspecified atom stereocenters. The fourth-order valence-corrected chi connectivity index (χ4v) is 1.58. The van der Waals surface area contributed by atoms with Crippen molar-refractivity contribution >= 4 is 23.7 Å². The second-order valence-electron chi connectivity index (χ2n) is 4.66. The maximum Gasteiger partial charge on any atom is 0.318 e. The first-order valence-corrected chi connectivity index (χ1v) is 6.33. The molecule has 0 aliphatic heterocycles. The van der Waals surface area contributed by atoms with Crippen molar-refractivity contribution in [2.45, 2.75) is 19.9 Å². The van der Waals surface area contributed by atoms with E-state index in [0.29, 0.717) is 5.82 Å². The summed E-state index contributed by atoms with van der Waals surface area (Å²) in [5.74, 6) is -0.427. The molecule has 1 aromatic heterocycles. The Labute approximate surface area is 122 Å². The third-order valence-corrected chi connectivity index (χ3v) is 2.84. The van der Waals surface area contributed by atoms with Crippen molar-refractivity contribution in [3.05, 3.63) is 23.9 Å². The SMILES string of the molecule is Cc1cccc(NC(=O)CN(C)[C@H](C)C(=O)NC(N)=O)n1.